The van der Waals surface area contributed by atoms with Gasteiger partial charge < -0.3 is 5.32 Å². The van der Waals surface area contributed by atoms with Gasteiger partial charge in [-0.15, -0.1) is 0 Å². The molecule has 1 aliphatic rings. The lowest BCUT2D eigenvalue weighted by Crippen LogP contribution is -2.20. The fourth-order valence-electron chi connectivity index (χ4n) is 2.28. The highest BCUT2D eigenvalue weighted by Crippen LogP contribution is 2.23. The molecule has 3 heteroatoms. The maximum absolute atomic E-state index is 12.9. The summed E-state index contributed by atoms with van der Waals surface area (Å²) in [6.45, 7) is 1.60. The Morgan fingerprint density at radius 2 is 1.88 bits per heavy atom. The molecule has 0 aliphatic heterocycles. The van der Waals surface area contributed by atoms with Gasteiger partial charge in [0.25, 0.3) is 0 Å². The zero-order valence-electron chi connectivity index (χ0n) is 9.31. The molecule has 1 nitrogen and oxygen atoms in total. The van der Waals surface area contributed by atoms with E-state index < -0.39 is 11.6 Å². The zero-order chi connectivity index (χ0) is 11.4. The van der Waals surface area contributed by atoms with Gasteiger partial charge in [0.05, 0.1) is 0 Å². The quantitative estimate of drug-likeness (QED) is 0.829. The fourth-order valence-corrected chi connectivity index (χ4v) is 2.28. The van der Waals surface area contributed by atoms with Crippen LogP contribution in [-0.4, -0.2) is 6.54 Å². The Hall–Kier alpha value is -0.960. The first-order valence-electron chi connectivity index (χ1n) is 5.90. The molecule has 1 aromatic rings. The summed E-state index contributed by atoms with van der Waals surface area (Å²) in [5.74, 6) is -0.773. The Morgan fingerprint density at radius 3 is 2.56 bits per heavy atom. The van der Waals surface area contributed by atoms with Crippen LogP contribution in [0.4, 0.5) is 8.78 Å². The lowest BCUT2D eigenvalue weighted by atomic mass is 10.1. The van der Waals surface area contributed by atoms with Crippen molar-refractivity contribution >= 4 is 0 Å². The number of hydrogen-bond acceptors (Lipinski definition) is 1. The summed E-state index contributed by atoms with van der Waals surface area (Å²) in [6.07, 6.45) is 5.25. The molecule has 0 atom stereocenters. The second-order valence-corrected chi connectivity index (χ2v) is 4.53. The smallest absolute Gasteiger partial charge is 0.159 e. The highest BCUT2D eigenvalue weighted by atomic mass is 19.2. The van der Waals surface area contributed by atoms with Crippen LogP contribution in [0.1, 0.15) is 31.2 Å². The normalized spacial score (nSPS) is 16.9. The first-order valence-corrected chi connectivity index (χ1v) is 5.90. The van der Waals surface area contributed by atoms with E-state index in [4.69, 9.17) is 0 Å². The minimum absolute atomic E-state index is 0.619. The van der Waals surface area contributed by atoms with E-state index in [1.807, 2.05) is 0 Å². The van der Waals surface area contributed by atoms with Gasteiger partial charge in [0.1, 0.15) is 0 Å². The van der Waals surface area contributed by atoms with E-state index in [1.165, 1.54) is 37.8 Å². The predicted octanol–water partition coefficient (Wildman–Crippen LogP) is 3.24. The zero-order valence-corrected chi connectivity index (χ0v) is 9.31. The first-order chi connectivity index (χ1) is 7.75. The van der Waals surface area contributed by atoms with Crippen molar-refractivity contribution in [2.75, 3.05) is 6.54 Å². The van der Waals surface area contributed by atoms with Crippen molar-refractivity contribution in [3.63, 3.8) is 0 Å². The molecule has 0 aromatic heterocycles. The van der Waals surface area contributed by atoms with E-state index >= 15 is 0 Å². The van der Waals surface area contributed by atoms with Gasteiger partial charge in [-0.1, -0.05) is 18.9 Å². The van der Waals surface area contributed by atoms with E-state index in [0.29, 0.717) is 6.54 Å². The summed E-state index contributed by atoms with van der Waals surface area (Å²) >= 11 is 0. The van der Waals surface area contributed by atoms with E-state index in [-0.39, 0.29) is 0 Å². The molecule has 1 saturated carbocycles. The third kappa shape index (κ3) is 3.01. The SMILES string of the molecule is Fc1ccc(CNCC2CCCC2)cc1F. The second-order valence-electron chi connectivity index (χ2n) is 4.53. The van der Waals surface area contributed by atoms with Crippen molar-refractivity contribution in [2.24, 2.45) is 5.92 Å². The minimum atomic E-state index is -0.778. The highest BCUT2D eigenvalue weighted by Gasteiger charge is 2.14. The lowest BCUT2D eigenvalue weighted by molar-refractivity contribution is 0.484. The third-order valence-corrected chi connectivity index (χ3v) is 3.22. The van der Waals surface area contributed by atoms with Crippen molar-refractivity contribution in [1.29, 1.82) is 0 Å². The number of benzene rings is 1. The summed E-state index contributed by atoms with van der Waals surface area (Å²) in [5, 5.41) is 3.30. The predicted molar refractivity (Wildman–Crippen MR) is 60.0 cm³/mol. The average molecular weight is 225 g/mol. The molecule has 0 unspecified atom stereocenters. The van der Waals surface area contributed by atoms with Crippen molar-refractivity contribution in [3.05, 3.63) is 35.4 Å². The molecule has 88 valence electrons. The van der Waals surface area contributed by atoms with E-state index in [2.05, 4.69) is 5.32 Å². The second kappa shape index (κ2) is 5.39. The topological polar surface area (TPSA) is 12.0 Å². The van der Waals surface area contributed by atoms with Crippen LogP contribution in [0.25, 0.3) is 0 Å². The van der Waals surface area contributed by atoms with Crippen LogP contribution < -0.4 is 5.32 Å². The van der Waals surface area contributed by atoms with Gasteiger partial charge in [0.15, 0.2) is 11.6 Å². The van der Waals surface area contributed by atoms with Gasteiger partial charge in [0, 0.05) is 6.54 Å². The molecule has 1 N–H and O–H groups in total. The maximum atomic E-state index is 12.9. The van der Waals surface area contributed by atoms with E-state index in [9.17, 15) is 8.78 Å². The number of halogens is 2. The van der Waals surface area contributed by atoms with Gasteiger partial charge in [-0.05, 0) is 43.0 Å². The summed E-state index contributed by atoms with van der Waals surface area (Å²) in [5.41, 5.74) is 0.803. The van der Waals surface area contributed by atoms with Crippen molar-refractivity contribution in [3.8, 4) is 0 Å². The van der Waals surface area contributed by atoms with Crippen LogP contribution in [0, 0.1) is 17.6 Å². The molecule has 0 spiro atoms. The van der Waals surface area contributed by atoms with Crippen molar-refractivity contribution in [2.45, 2.75) is 32.2 Å². The monoisotopic (exact) mass is 225 g/mol. The molecule has 0 saturated heterocycles. The number of hydrogen-bond donors (Lipinski definition) is 1. The Bertz CT molecular complexity index is 346. The van der Waals surface area contributed by atoms with Gasteiger partial charge in [-0.3, -0.25) is 0 Å². The molecular weight excluding hydrogens is 208 g/mol. The molecule has 0 heterocycles. The lowest BCUT2D eigenvalue weighted by Gasteiger charge is -2.10. The number of rotatable bonds is 4. The Balaban J connectivity index is 1.78. The van der Waals surface area contributed by atoms with Gasteiger partial charge in [0.2, 0.25) is 0 Å². The fraction of sp³-hybridized carbons (Fsp3) is 0.538. The molecule has 1 fully saturated rings. The Kier molecular flexibility index (Phi) is 3.88. The Labute approximate surface area is 94.9 Å². The largest absolute Gasteiger partial charge is 0.312 e. The van der Waals surface area contributed by atoms with Crippen molar-refractivity contribution < 1.29 is 8.78 Å². The van der Waals surface area contributed by atoms with Gasteiger partial charge in [-0.25, -0.2) is 8.78 Å². The molecular formula is C13H17F2N. The maximum Gasteiger partial charge on any atom is 0.159 e. The van der Waals surface area contributed by atoms with Gasteiger partial charge in [-0.2, -0.15) is 0 Å². The van der Waals surface area contributed by atoms with Crippen LogP contribution in [0.2, 0.25) is 0 Å². The van der Waals surface area contributed by atoms with Gasteiger partial charge >= 0.3 is 0 Å². The molecule has 0 radical (unpaired) electrons. The third-order valence-electron chi connectivity index (χ3n) is 3.22. The molecule has 16 heavy (non-hydrogen) atoms. The standard InChI is InChI=1S/C13H17F2N/c14-12-6-5-11(7-13(12)15)9-16-8-10-3-1-2-4-10/h5-7,10,16H,1-4,8-9H2. The van der Waals surface area contributed by atoms with Crippen LogP contribution in [0.5, 0.6) is 0 Å². The van der Waals surface area contributed by atoms with Crippen LogP contribution >= 0.6 is 0 Å². The van der Waals surface area contributed by atoms with Crippen molar-refractivity contribution in [1.82, 2.24) is 5.32 Å². The first kappa shape index (κ1) is 11.5. The van der Waals surface area contributed by atoms with E-state index in [1.54, 1.807) is 6.07 Å². The summed E-state index contributed by atoms with van der Waals surface area (Å²) in [4.78, 5) is 0. The molecule has 0 bridgehead atoms. The molecule has 1 aromatic carbocycles. The highest BCUT2D eigenvalue weighted by molar-refractivity contribution is 5.17. The van der Waals surface area contributed by atoms with E-state index in [0.717, 1.165) is 18.0 Å². The van der Waals surface area contributed by atoms with Crippen LogP contribution in [0.3, 0.4) is 0 Å². The average Bonchev–Trinajstić information content (AvgIpc) is 2.76. The van der Waals surface area contributed by atoms with Crippen LogP contribution in [0.15, 0.2) is 18.2 Å². The summed E-state index contributed by atoms with van der Waals surface area (Å²) in [6, 6.07) is 4.07. The summed E-state index contributed by atoms with van der Waals surface area (Å²) in [7, 11) is 0. The molecule has 2 rings (SSSR count). The van der Waals surface area contributed by atoms with Crippen LogP contribution in [-0.2, 0) is 6.54 Å². The molecule has 1 aliphatic carbocycles. The Morgan fingerprint density at radius 1 is 1.12 bits per heavy atom. The number of nitrogens with one attached hydrogen (secondary N) is 1. The molecule has 0 amide bonds. The minimum Gasteiger partial charge on any atom is -0.312 e. The summed E-state index contributed by atoms with van der Waals surface area (Å²) < 4.78 is 25.6.